The zero-order chi connectivity index (χ0) is 15.5. The minimum absolute atomic E-state index is 0.270. The molecule has 1 aliphatic heterocycles. The van der Waals surface area contributed by atoms with Gasteiger partial charge in [0.15, 0.2) is 0 Å². The van der Waals surface area contributed by atoms with Crippen LogP contribution in [0.2, 0.25) is 0 Å². The average molecular weight is 302 g/mol. The van der Waals surface area contributed by atoms with Gasteiger partial charge < -0.3 is 10.1 Å². The number of ether oxygens (including phenoxy) is 1. The fourth-order valence-electron chi connectivity index (χ4n) is 3.27. The molecule has 0 spiro atoms. The molecule has 1 saturated heterocycles. The summed E-state index contributed by atoms with van der Waals surface area (Å²) in [6.45, 7) is 6.79. The summed E-state index contributed by atoms with van der Waals surface area (Å²) in [5.41, 5.74) is 1.88. The highest BCUT2D eigenvalue weighted by atomic mass is 16.5. The smallest absolute Gasteiger partial charge is 0.337 e. The molecule has 1 aliphatic carbocycles. The van der Waals surface area contributed by atoms with Gasteiger partial charge in [-0.3, -0.25) is 4.90 Å². The van der Waals surface area contributed by atoms with Crippen molar-refractivity contribution < 1.29 is 9.53 Å². The number of methoxy groups -OCH3 is 1. The van der Waals surface area contributed by atoms with Crippen molar-refractivity contribution in [2.24, 2.45) is 11.8 Å². The second-order valence-corrected chi connectivity index (χ2v) is 6.81. The van der Waals surface area contributed by atoms with Crippen molar-refractivity contribution in [3.05, 3.63) is 35.4 Å². The molecule has 22 heavy (non-hydrogen) atoms. The molecule has 1 aromatic carbocycles. The van der Waals surface area contributed by atoms with Crippen LogP contribution in [0.15, 0.2) is 24.3 Å². The number of likely N-dealkylation sites (tertiary alicyclic amines) is 1. The van der Waals surface area contributed by atoms with Crippen LogP contribution in [0.5, 0.6) is 0 Å². The van der Waals surface area contributed by atoms with Crippen LogP contribution in [0.25, 0.3) is 0 Å². The van der Waals surface area contributed by atoms with E-state index in [0.29, 0.717) is 5.56 Å². The Hall–Kier alpha value is -1.39. The number of nitrogens with zero attached hydrogens (tertiary/aromatic N) is 1. The first-order valence-electron chi connectivity index (χ1n) is 8.28. The van der Waals surface area contributed by atoms with E-state index in [0.717, 1.165) is 31.0 Å². The van der Waals surface area contributed by atoms with Gasteiger partial charge in [0, 0.05) is 19.1 Å². The Kier molecular flexibility index (Phi) is 4.79. The van der Waals surface area contributed by atoms with E-state index in [1.54, 1.807) is 0 Å². The molecule has 3 unspecified atom stereocenters. The lowest BCUT2D eigenvalue weighted by molar-refractivity contribution is 0.0600. The van der Waals surface area contributed by atoms with E-state index < -0.39 is 0 Å². The SMILES string of the molecule is COC(=O)c1ccc(CN2CCC(CNC3CC3C)C2)cc1. The molecule has 1 saturated carbocycles. The molecule has 0 radical (unpaired) electrons. The molecule has 2 aliphatic rings. The minimum atomic E-state index is -0.270. The van der Waals surface area contributed by atoms with Gasteiger partial charge in [-0.15, -0.1) is 0 Å². The molecule has 1 N–H and O–H groups in total. The van der Waals surface area contributed by atoms with Crippen molar-refractivity contribution in [1.29, 1.82) is 0 Å². The molecule has 3 atom stereocenters. The molecule has 0 bridgehead atoms. The van der Waals surface area contributed by atoms with Crippen LogP contribution in [0, 0.1) is 11.8 Å². The molecule has 1 aromatic rings. The standard InChI is InChI=1S/C18H26N2O2/c1-13-9-17(13)19-10-15-7-8-20(12-15)11-14-3-5-16(6-4-14)18(21)22-2/h3-6,13,15,17,19H,7-12H2,1-2H3. The van der Waals surface area contributed by atoms with E-state index in [1.807, 2.05) is 24.3 Å². The average Bonchev–Trinajstić information content (AvgIpc) is 3.06. The number of hydrogen-bond acceptors (Lipinski definition) is 4. The van der Waals surface area contributed by atoms with E-state index in [-0.39, 0.29) is 5.97 Å². The van der Waals surface area contributed by atoms with Crippen molar-refractivity contribution in [2.45, 2.75) is 32.4 Å². The highest BCUT2D eigenvalue weighted by Gasteiger charge is 2.33. The Balaban J connectivity index is 1.44. The second kappa shape index (κ2) is 6.80. The summed E-state index contributed by atoms with van der Waals surface area (Å²) in [6, 6.07) is 8.54. The molecular formula is C18H26N2O2. The maximum atomic E-state index is 11.4. The second-order valence-electron chi connectivity index (χ2n) is 6.81. The van der Waals surface area contributed by atoms with Crippen molar-refractivity contribution >= 4 is 5.97 Å². The van der Waals surface area contributed by atoms with Crippen LogP contribution in [0.4, 0.5) is 0 Å². The number of hydrogen-bond donors (Lipinski definition) is 1. The van der Waals surface area contributed by atoms with E-state index in [2.05, 4.69) is 17.1 Å². The number of esters is 1. The number of carbonyl (C=O) groups is 1. The van der Waals surface area contributed by atoms with Crippen LogP contribution in [0.3, 0.4) is 0 Å². The predicted octanol–water partition coefficient (Wildman–Crippen LogP) is 2.29. The summed E-state index contributed by atoms with van der Waals surface area (Å²) < 4.78 is 4.73. The Morgan fingerprint density at radius 3 is 2.73 bits per heavy atom. The Bertz CT molecular complexity index is 514. The van der Waals surface area contributed by atoms with E-state index in [1.165, 1.54) is 38.6 Å². The Morgan fingerprint density at radius 1 is 1.36 bits per heavy atom. The number of rotatable bonds is 6. The van der Waals surface area contributed by atoms with Crippen LogP contribution in [-0.4, -0.2) is 43.7 Å². The number of carbonyl (C=O) groups excluding carboxylic acids is 1. The fourth-order valence-corrected chi connectivity index (χ4v) is 3.27. The fraction of sp³-hybridized carbons (Fsp3) is 0.611. The lowest BCUT2D eigenvalue weighted by atomic mass is 10.1. The molecule has 2 fully saturated rings. The molecule has 0 aromatic heterocycles. The first-order chi connectivity index (χ1) is 10.7. The predicted molar refractivity (Wildman–Crippen MR) is 86.7 cm³/mol. The maximum absolute atomic E-state index is 11.4. The largest absolute Gasteiger partial charge is 0.465 e. The van der Waals surface area contributed by atoms with E-state index in [4.69, 9.17) is 4.74 Å². The number of benzene rings is 1. The Morgan fingerprint density at radius 2 is 2.09 bits per heavy atom. The first kappa shape index (κ1) is 15.5. The lowest BCUT2D eigenvalue weighted by Crippen LogP contribution is -2.28. The van der Waals surface area contributed by atoms with Gasteiger partial charge in [-0.1, -0.05) is 19.1 Å². The van der Waals surface area contributed by atoms with Gasteiger partial charge in [0.2, 0.25) is 0 Å². The van der Waals surface area contributed by atoms with Crippen molar-refractivity contribution in [1.82, 2.24) is 10.2 Å². The first-order valence-corrected chi connectivity index (χ1v) is 8.28. The third-order valence-corrected chi connectivity index (χ3v) is 4.93. The molecular weight excluding hydrogens is 276 g/mol. The molecule has 4 heteroatoms. The highest BCUT2D eigenvalue weighted by molar-refractivity contribution is 5.89. The lowest BCUT2D eigenvalue weighted by Gasteiger charge is -2.16. The van der Waals surface area contributed by atoms with Crippen LogP contribution in [-0.2, 0) is 11.3 Å². The summed E-state index contributed by atoms with van der Waals surface area (Å²) in [5.74, 6) is 1.39. The zero-order valence-electron chi connectivity index (χ0n) is 13.5. The summed E-state index contributed by atoms with van der Waals surface area (Å²) >= 11 is 0. The molecule has 4 nitrogen and oxygen atoms in total. The van der Waals surface area contributed by atoms with Gasteiger partial charge >= 0.3 is 5.97 Å². The maximum Gasteiger partial charge on any atom is 0.337 e. The monoisotopic (exact) mass is 302 g/mol. The van der Waals surface area contributed by atoms with Crippen LogP contribution >= 0.6 is 0 Å². The van der Waals surface area contributed by atoms with Crippen LogP contribution in [0.1, 0.15) is 35.7 Å². The highest BCUT2D eigenvalue weighted by Crippen LogP contribution is 2.29. The van der Waals surface area contributed by atoms with Gasteiger partial charge in [-0.25, -0.2) is 4.79 Å². The topological polar surface area (TPSA) is 41.6 Å². The van der Waals surface area contributed by atoms with Gasteiger partial charge in [0.25, 0.3) is 0 Å². The summed E-state index contributed by atoms with van der Waals surface area (Å²) in [4.78, 5) is 13.9. The molecule has 0 amide bonds. The normalized spacial score (nSPS) is 27.8. The molecule has 1 heterocycles. The van der Waals surface area contributed by atoms with Gasteiger partial charge in [0.05, 0.1) is 12.7 Å². The van der Waals surface area contributed by atoms with E-state index >= 15 is 0 Å². The molecule has 120 valence electrons. The summed E-state index contributed by atoms with van der Waals surface area (Å²) in [5, 5.41) is 3.68. The van der Waals surface area contributed by atoms with Crippen molar-refractivity contribution in [2.75, 3.05) is 26.7 Å². The van der Waals surface area contributed by atoms with Gasteiger partial charge in [-0.2, -0.15) is 0 Å². The summed E-state index contributed by atoms with van der Waals surface area (Å²) in [7, 11) is 1.41. The zero-order valence-corrected chi connectivity index (χ0v) is 13.5. The Labute approximate surface area is 132 Å². The minimum Gasteiger partial charge on any atom is -0.465 e. The van der Waals surface area contributed by atoms with Crippen molar-refractivity contribution in [3.8, 4) is 0 Å². The van der Waals surface area contributed by atoms with Gasteiger partial charge in [-0.05, 0) is 55.5 Å². The molecule has 3 rings (SSSR count). The van der Waals surface area contributed by atoms with E-state index in [9.17, 15) is 4.79 Å². The number of nitrogens with one attached hydrogen (secondary N) is 1. The third kappa shape index (κ3) is 3.87. The quantitative estimate of drug-likeness (QED) is 0.819. The van der Waals surface area contributed by atoms with Crippen molar-refractivity contribution in [3.63, 3.8) is 0 Å². The van der Waals surface area contributed by atoms with Crippen LogP contribution < -0.4 is 5.32 Å². The third-order valence-electron chi connectivity index (χ3n) is 4.93. The van der Waals surface area contributed by atoms with Gasteiger partial charge in [0.1, 0.15) is 0 Å². The summed E-state index contributed by atoms with van der Waals surface area (Å²) in [6.07, 6.45) is 2.64.